The number of hydrogen-bond acceptors (Lipinski definition) is 6. The number of thiophene rings is 1. The van der Waals surface area contributed by atoms with Crippen molar-refractivity contribution in [3.63, 3.8) is 0 Å². The van der Waals surface area contributed by atoms with Crippen LogP contribution in [0.3, 0.4) is 0 Å². The molecule has 1 N–H and O–H groups in total. The molecule has 0 atom stereocenters. The number of aromatic carboxylic acids is 1. The predicted molar refractivity (Wildman–Crippen MR) is 154 cm³/mol. The molecule has 1 amide bonds. The van der Waals surface area contributed by atoms with Gasteiger partial charge in [-0.1, -0.05) is 31.4 Å². The fourth-order valence-electron chi connectivity index (χ4n) is 5.72. The molecule has 5 rings (SSSR count). The summed E-state index contributed by atoms with van der Waals surface area (Å²) in [5, 5.41) is 12.0. The van der Waals surface area contributed by atoms with E-state index >= 15 is 0 Å². The third-order valence-corrected chi connectivity index (χ3v) is 9.96. The molecule has 6 nitrogen and oxygen atoms in total. The Hall–Kier alpha value is -2.55. The first-order valence-corrected chi connectivity index (χ1v) is 14.9. The lowest BCUT2D eigenvalue weighted by Gasteiger charge is -2.34. The summed E-state index contributed by atoms with van der Waals surface area (Å²) < 4.78 is 0. The number of carbonyl (C=O) groups is 2. The van der Waals surface area contributed by atoms with Gasteiger partial charge in [0.2, 0.25) is 0 Å². The lowest BCUT2D eigenvalue weighted by molar-refractivity contribution is -0.116. The zero-order chi connectivity index (χ0) is 26.1. The predicted octanol–water partition coefficient (Wildman–Crippen LogP) is 6.22. The third-order valence-electron chi connectivity index (χ3n) is 7.86. The molecule has 0 saturated heterocycles. The van der Waals surface area contributed by atoms with Crippen LogP contribution in [0, 0.1) is 5.92 Å². The van der Waals surface area contributed by atoms with Gasteiger partial charge in [-0.2, -0.15) is 0 Å². The van der Waals surface area contributed by atoms with Crippen LogP contribution in [0.4, 0.5) is 5.69 Å². The maximum atomic E-state index is 12.9. The average Bonchev–Trinajstić information content (AvgIpc) is 3.55. The third kappa shape index (κ3) is 5.38. The Morgan fingerprint density at radius 2 is 1.81 bits per heavy atom. The van der Waals surface area contributed by atoms with E-state index in [2.05, 4.69) is 18.0 Å². The molecular formula is C29H35N3O3S2. The number of carboxylic acid groups (broad SMARTS) is 1. The van der Waals surface area contributed by atoms with Crippen LogP contribution in [0.15, 0.2) is 47.0 Å². The number of likely N-dealkylation sites (N-methyl/N-ethyl adjacent to an activating group) is 3. The van der Waals surface area contributed by atoms with Crippen molar-refractivity contribution in [3.8, 4) is 10.4 Å². The summed E-state index contributed by atoms with van der Waals surface area (Å²) in [6.07, 6.45) is 7.16. The van der Waals surface area contributed by atoms with Gasteiger partial charge in [-0.3, -0.25) is 4.79 Å². The summed E-state index contributed by atoms with van der Waals surface area (Å²) in [6.45, 7) is 1.89. The highest BCUT2D eigenvalue weighted by atomic mass is 32.2. The van der Waals surface area contributed by atoms with Gasteiger partial charge in [0.25, 0.3) is 5.91 Å². The second-order valence-corrected chi connectivity index (χ2v) is 12.3. The summed E-state index contributed by atoms with van der Waals surface area (Å²) in [4.78, 5) is 32.7. The van der Waals surface area contributed by atoms with Gasteiger partial charge in [-0.15, -0.1) is 23.1 Å². The molecule has 37 heavy (non-hydrogen) atoms. The van der Waals surface area contributed by atoms with E-state index in [0.29, 0.717) is 16.5 Å². The second-order valence-electron chi connectivity index (χ2n) is 10.4. The molecule has 3 heterocycles. The van der Waals surface area contributed by atoms with E-state index < -0.39 is 5.97 Å². The van der Waals surface area contributed by atoms with E-state index in [1.165, 1.54) is 54.6 Å². The Morgan fingerprint density at radius 1 is 1.08 bits per heavy atom. The van der Waals surface area contributed by atoms with Gasteiger partial charge < -0.3 is 19.8 Å². The van der Waals surface area contributed by atoms with Crippen molar-refractivity contribution < 1.29 is 14.7 Å². The van der Waals surface area contributed by atoms with Gasteiger partial charge in [0, 0.05) is 48.7 Å². The van der Waals surface area contributed by atoms with Crippen molar-refractivity contribution in [1.82, 2.24) is 9.80 Å². The summed E-state index contributed by atoms with van der Waals surface area (Å²) in [7, 11) is 5.88. The van der Waals surface area contributed by atoms with Crippen LogP contribution >= 0.6 is 23.1 Å². The van der Waals surface area contributed by atoms with E-state index in [9.17, 15) is 14.7 Å². The van der Waals surface area contributed by atoms with Crippen molar-refractivity contribution in [2.24, 2.45) is 5.92 Å². The van der Waals surface area contributed by atoms with E-state index in [1.807, 2.05) is 41.6 Å². The van der Waals surface area contributed by atoms with Crippen molar-refractivity contribution in [2.45, 2.75) is 38.5 Å². The molecule has 1 aromatic carbocycles. The van der Waals surface area contributed by atoms with Crippen LogP contribution in [0.5, 0.6) is 0 Å². The zero-order valence-electron chi connectivity index (χ0n) is 21.8. The molecule has 2 aromatic rings. The lowest BCUT2D eigenvalue weighted by atomic mass is 9.78. The number of benzene rings is 1. The highest BCUT2D eigenvalue weighted by molar-refractivity contribution is 8.02. The van der Waals surface area contributed by atoms with Crippen LogP contribution in [0.25, 0.3) is 16.0 Å². The number of amides is 1. The Kier molecular flexibility index (Phi) is 7.79. The molecule has 196 valence electrons. The number of anilines is 1. The number of carbonyl (C=O) groups excluding carboxylic acids is 1. The van der Waals surface area contributed by atoms with Crippen molar-refractivity contribution in [2.75, 3.05) is 45.0 Å². The SMILES string of the molecule is CN1CCC(c2cc(-c3ccc(N(C)C(=O)C4=CSCN4C)cc3)sc2C(=O)O)=C(C2CCCCC2)C1. The maximum absolute atomic E-state index is 12.9. The molecule has 3 aliphatic rings. The molecule has 0 unspecified atom stereocenters. The molecule has 2 aliphatic heterocycles. The molecule has 0 bridgehead atoms. The van der Waals surface area contributed by atoms with Crippen molar-refractivity contribution in [3.05, 3.63) is 57.5 Å². The Balaban J connectivity index is 1.45. The Bertz CT molecular complexity index is 1240. The molecule has 8 heteroatoms. The second kappa shape index (κ2) is 11.1. The normalized spacial score (nSPS) is 19.3. The monoisotopic (exact) mass is 537 g/mol. The summed E-state index contributed by atoms with van der Waals surface area (Å²) in [5.74, 6) is 0.470. The van der Waals surface area contributed by atoms with Crippen LogP contribution in [0.2, 0.25) is 0 Å². The van der Waals surface area contributed by atoms with Crippen LogP contribution in [0.1, 0.15) is 53.8 Å². The fourth-order valence-corrected chi connectivity index (χ4v) is 7.62. The molecule has 1 saturated carbocycles. The van der Waals surface area contributed by atoms with Gasteiger partial charge in [-0.25, -0.2) is 4.79 Å². The standard InChI is InChI=1S/C29H35N3O3S2/c1-30-14-13-22(24(16-30)19-7-5-4-6-8-19)23-15-26(37-27(23)29(34)35)20-9-11-21(12-10-20)32(3)28(33)25-17-36-18-31(25)2/h9-12,15,17,19H,4-8,13-14,16,18H2,1-3H3,(H,34,35). The van der Waals surface area contributed by atoms with Crippen LogP contribution < -0.4 is 4.90 Å². The quantitative estimate of drug-likeness (QED) is 0.472. The van der Waals surface area contributed by atoms with Crippen LogP contribution in [-0.2, 0) is 4.79 Å². The van der Waals surface area contributed by atoms with Gasteiger partial charge >= 0.3 is 5.97 Å². The number of nitrogens with zero attached hydrogens (tertiary/aromatic N) is 3. The number of hydrogen-bond donors (Lipinski definition) is 1. The first kappa shape index (κ1) is 26.1. The molecule has 1 fully saturated rings. The molecule has 1 aliphatic carbocycles. The van der Waals surface area contributed by atoms with E-state index in [-0.39, 0.29) is 5.91 Å². The lowest BCUT2D eigenvalue weighted by Crippen LogP contribution is -2.32. The summed E-state index contributed by atoms with van der Waals surface area (Å²) >= 11 is 2.98. The van der Waals surface area contributed by atoms with Gasteiger partial charge in [-0.05, 0) is 67.1 Å². The minimum Gasteiger partial charge on any atom is -0.477 e. The zero-order valence-corrected chi connectivity index (χ0v) is 23.5. The fraction of sp³-hybridized carbons (Fsp3) is 0.448. The average molecular weight is 538 g/mol. The largest absolute Gasteiger partial charge is 0.477 e. The van der Waals surface area contributed by atoms with Crippen molar-refractivity contribution >= 4 is 46.2 Å². The first-order valence-electron chi connectivity index (χ1n) is 13.0. The minimum absolute atomic E-state index is 0.0312. The van der Waals surface area contributed by atoms with Gasteiger partial charge in [0.1, 0.15) is 10.6 Å². The van der Waals surface area contributed by atoms with E-state index in [4.69, 9.17) is 0 Å². The smallest absolute Gasteiger partial charge is 0.346 e. The van der Waals surface area contributed by atoms with Gasteiger partial charge in [0.15, 0.2) is 0 Å². The van der Waals surface area contributed by atoms with Crippen LogP contribution in [-0.4, -0.2) is 66.9 Å². The first-order chi connectivity index (χ1) is 17.8. The van der Waals surface area contributed by atoms with Crippen molar-refractivity contribution in [1.29, 1.82) is 0 Å². The molecule has 1 aromatic heterocycles. The molecular weight excluding hydrogens is 502 g/mol. The number of rotatable bonds is 6. The number of carboxylic acids is 1. The summed E-state index contributed by atoms with van der Waals surface area (Å²) in [5.41, 5.74) is 6.12. The van der Waals surface area contributed by atoms with E-state index in [1.54, 1.807) is 23.7 Å². The Morgan fingerprint density at radius 3 is 2.46 bits per heavy atom. The maximum Gasteiger partial charge on any atom is 0.346 e. The highest BCUT2D eigenvalue weighted by Crippen LogP contribution is 2.43. The highest BCUT2D eigenvalue weighted by Gasteiger charge is 2.29. The molecule has 0 radical (unpaired) electrons. The van der Waals surface area contributed by atoms with Gasteiger partial charge in [0.05, 0.1) is 5.88 Å². The minimum atomic E-state index is -0.852. The summed E-state index contributed by atoms with van der Waals surface area (Å²) in [6, 6.07) is 9.97. The Labute approximate surface area is 227 Å². The van der Waals surface area contributed by atoms with E-state index in [0.717, 1.165) is 47.1 Å². The topological polar surface area (TPSA) is 64.1 Å². The molecule has 0 spiro atoms. The number of thioether (sulfide) groups is 1.